The summed E-state index contributed by atoms with van der Waals surface area (Å²) in [6, 6.07) is 26.7. The number of esters is 1. The standard InChI is InChI=1S/C25H21NO4/c1-28-25(27)22(16-26)14-21-12-13-23(29-17-19-8-4-2-5-9-19)15-24(21)30-18-20-10-6-3-7-11-20/h2-15H,17-18H2,1H3. The summed E-state index contributed by atoms with van der Waals surface area (Å²) in [5, 5.41) is 9.27. The van der Waals surface area contributed by atoms with Gasteiger partial charge in [0.25, 0.3) is 0 Å². The van der Waals surface area contributed by atoms with Crippen molar-refractivity contribution in [1.82, 2.24) is 0 Å². The molecule has 30 heavy (non-hydrogen) atoms. The van der Waals surface area contributed by atoms with Crippen molar-refractivity contribution >= 4 is 12.0 Å². The third-order valence-corrected chi connectivity index (χ3v) is 4.30. The monoisotopic (exact) mass is 399 g/mol. The molecule has 0 saturated heterocycles. The average molecular weight is 399 g/mol. The van der Waals surface area contributed by atoms with E-state index in [2.05, 4.69) is 4.74 Å². The van der Waals surface area contributed by atoms with Crippen LogP contribution < -0.4 is 9.47 Å². The summed E-state index contributed by atoms with van der Waals surface area (Å²) < 4.78 is 16.5. The summed E-state index contributed by atoms with van der Waals surface area (Å²) in [7, 11) is 1.24. The van der Waals surface area contributed by atoms with Crippen molar-refractivity contribution in [2.75, 3.05) is 7.11 Å². The largest absolute Gasteiger partial charge is 0.489 e. The summed E-state index contributed by atoms with van der Waals surface area (Å²) in [5.41, 5.74) is 2.52. The molecule has 150 valence electrons. The van der Waals surface area contributed by atoms with Crippen molar-refractivity contribution in [2.24, 2.45) is 0 Å². The number of methoxy groups -OCH3 is 1. The molecule has 0 bridgehead atoms. The molecule has 3 aromatic rings. The Morgan fingerprint density at radius 2 is 1.50 bits per heavy atom. The maximum atomic E-state index is 11.8. The summed E-state index contributed by atoms with van der Waals surface area (Å²) >= 11 is 0. The molecule has 0 fully saturated rings. The van der Waals surface area contributed by atoms with E-state index in [9.17, 15) is 10.1 Å². The van der Waals surface area contributed by atoms with E-state index in [4.69, 9.17) is 9.47 Å². The molecular formula is C25H21NO4. The van der Waals surface area contributed by atoms with Crippen LogP contribution in [0.1, 0.15) is 16.7 Å². The maximum absolute atomic E-state index is 11.8. The van der Waals surface area contributed by atoms with Gasteiger partial charge in [-0.25, -0.2) is 4.79 Å². The van der Waals surface area contributed by atoms with Crippen molar-refractivity contribution in [3.05, 3.63) is 101 Å². The molecule has 0 amide bonds. The molecule has 3 aromatic carbocycles. The molecule has 0 heterocycles. The van der Waals surface area contributed by atoms with E-state index in [1.54, 1.807) is 18.2 Å². The molecule has 0 aliphatic heterocycles. The van der Waals surface area contributed by atoms with E-state index in [0.717, 1.165) is 11.1 Å². The number of rotatable bonds is 8. The Kier molecular flexibility index (Phi) is 7.23. The molecule has 0 N–H and O–H groups in total. The first-order chi connectivity index (χ1) is 14.7. The summed E-state index contributed by atoms with van der Waals surface area (Å²) in [4.78, 5) is 11.8. The van der Waals surface area contributed by atoms with Crippen molar-refractivity contribution in [3.8, 4) is 17.6 Å². The van der Waals surface area contributed by atoms with Gasteiger partial charge in [0.05, 0.1) is 7.11 Å². The Hall–Kier alpha value is -4.04. The SMILES string of the molecule is COC(=O)C(C#N)=Cc1ccc(OCc2ccccc2)cc1OCc1ccccc1. The van der Waals surface area contributed by atoms with Gasteiger partial charge in [0.15, 0.2) is 0 Å². The second-order valence-electron chi connectivity index (χ2n) is 6.41. The minimum Gasteiger partial charge on any atom is -0.489 e. The number of benzene rings is 3. The van der Waals surface area contributed by atoms with Crippen molar-refractivity contribution < 1.29 is 19.0 Å². The third-order valence-electron chi connectivity index (χ3n) is 4.30. The van der Waals surface area contributed by atoms with Crippen LogP contribution in [0, 0.1) is 11.3 Å². The fourth-order valence-corrected chi connectivity index (χ4v) is 2.73. The molecule has 0 saturated carbocycles. The van der Waals surface area contributed by atoms with Crippen LogP contribution in [0.5, 0.6) is 11.5 Å². The smallest absolute Gasteiger partial charge is 0.348 e. The normalized spacial score (nSPS) is 10.7. The fourth-order valence-electron chi connectivity index (χ4n) is 2.73. The van der Waals surface area contributed by atoms with Crippen molar-refractivity contribution in [1.29, 1.82) is 5.26 Å². The maximum Gasteiger partial charge on any atom is 0.348 e. The van der Waals surface area contributed by atoms with Gasteiger partial charge in [-0.2, -0.15) is 5.26 Å². The van der Waals surface area contributed by atoms with Gasteiger partial charge in [-0.05, 0) is 29.3 Å². The molecule has 3 rings (SSSR count). The molecular weight excluding hydrogens is 378 g/mol. The molecule has 0 unspecified atom stereocenters. The first-order valence-corrected chi connectivity index (χ1v) is 9.37. The van der Waals surface area contributed by atoms with Crippen molar-refractivity contribution in [3.63, 3.8) is 0 Å². The molecule has 0 spiro atoms. The van der Waals surface area contributed by atoms with Gasteiger partial charge in [0, 0.05) is 11.6 Å². The highest BCUT2D eigenvalue weighted by Gasteiger charge is 2.12. The highest BCUT2D eigenvalue weighted by atomic mass is 16.5. The zero-order chi connectivity index (χ0) is 21.2. The molecule has 0 radical (unpaired) electrons. The van der Waals surface area contributed by atoms with Gasteiger partial charge in [-0.1, -0.05) is 60.7 Å². The first kappa shape index (κ1) is 20.7. The summed E-state index contributed by atoms with van der Waals surface area (Å²) in [6.07, 6.45) is 1.45. The van der Waals surface area contributed by atoms with Crippen LogP contribution >= 0.6 is 0 Å². The number of nitriles is 1. The lowest BCUT2D eigenvalue weighted by Crippen LogP contribution is -2.03. The molecule has 0 aliphatic rings. The van der Waals surface area contributed by atoms with Gasteiger partial charge in [0.1, 0.15) is 36.4 Å². The van der Waals surface area contributed by atoms with E-state index < -0.39 is 5.97 Å². The van der Waals surface area contributed by atoms with Crippen molar-refractivity contribution in [2.45, 2.75) is 13.2 Å². The Bertz CT molecular complexity index is 1050. The predicted molar refractivity (Wildman–Crippen MR) is 114 cm³/mol. The van der Waals surface area contributed by atoms with Crippen LogP contribution in [-0.2, 0) is 22.7 Å². The van der Waals surface area contributed by atoms with Crippen LogP contribution in [0.15, 0.2) is 84.4 Å². The van der Waals surface area contributed by atoms with Gasteiger partial charge >= 0.3 is 5.97 Å². The van der Waals surface area contributed by atoms with Crippen LogP contribution in [0.2, 0.25) is 0 Å². The van der Waals surface area contributed by atoms with E-state index in [1.165, 1.54) is 13.2 Å². The topological polar surface area (TPSA) is 68.6 Å². The lowest BCUT2D eigenvalue weighted by Gasteiger charge is -2.13. The lowest BCUT2D eigenvalue weighted by molar-refractivity contribution is -0.135. The van der Waals surface area contributed by atoms with Gasteiger partial charge in [-0.15, -0.1) is 0 Å². The summed E-state index contributed by atoms with van der Waals surface area (Å²) in [6.45, 7) is 0.754. The average Bonchev–Trinajstić information content (AvgIpc) is 2.81. The molecule has 0 aromatic heterocycles. The van der Waals surface area contributed by atoms with Gasteiger partial charge in [-0.3, -0.25) is 0 Å². The fraction of sp³-hybridized carbons (Fsp3) is 0.120. The highest BCUT2D eigenvalue weighted by molar-refractivity contribution is 5.98. The Morgan fingerprint density at radius 3 is 2.07 bits per heavy atom. The van der Waals surface area contributed by atoms with E-state index in [0.29, 0.717) is 30.3 Å². The summed E-state index contributed by atoms with van der Waals surface area (Å²) in [5.74, 6) is 0.424. The number of hydrogen-bond donors (Lipinski definition) is 0. The minimum absolute atomic E-state index is 0.111. The lowest BCUT2D eigenvalue weighted by atomic mass is 10.1. The van der Waals surface area contributed by atoms with Crippen LogP contribution in [0.4, 0.5) is 0 Å². The number of hydrogen-bond acceptors (Lipinski definition) is 5. The van der Waals surface area contributed by atoms with Gasteiger partial charge in [0.2, 0.25) is 0 Å². The van der Waals surface area contributed by atoms with E-state index >= 15 is 0 Å². The zero-order valence-corrected chi connectivity index (χ0v) is 16.6. The van der Waals surface area contributed by atoms with E-state index in [1.807, 2.05) is 66.7 Å². The highest BCUT2D eigenvalue weighted by Crippen LogP contribution is 2.28. The minimum atomic E-state index is -0.698. The predicted octanol–water partition coefficient (Wildman–Crippen LogP) is 4.92. The Labute approximate surface area is 175 Å². The Balaban J connectivity index is 1.85. The molecule has 0 aliphatic carbocycles. The van der Waals surface area contributed by atoms with Crippen LogP contribution in [-0.4, -0.2) is 13.1 Å². The number of carbonyl (C=O) groups is 1. The third kappa shape index (κ3) is 5.73. The van der Waals surface area contributed by atoms with Crippen LogP contribution in [0.3, 0.4) is 0 Å². The first-order valence-electron chi connectivity index (χ1n) is 9.37. The van der Waals surface area contributed by atoms with Gasteiger partial charge < -0.3 is 14.2 Å². The second-order valence-corrected chi connectivity index (χ2v) is 6.41. The quantitative estimate of drug-likeness (QED) is 0.305. The molecule has 5 nitrogen and oxygen atoms in total. The second kappa shape index (κ2) is 10.5. The van der Waals surface area contributed by atoms with E-state index in [-0.39, 0.29) is 5.57 Å². The number of carbonyl (C=O) groups excluding carboxylic acids is 1. The number of ether oxygens (including phenoxy) is 3. The van der Waals surface area contributed by atoms with Crippen LogP contribution in [0.25, 0.3) is 6.08 Å². The Morgan fingerprint density at radius 1 is 0.900 bits per heavy atom. The molecule has 5 heteroatoms. The molecule has 0 atom stereocenters. The zero-order valence-electron chi connectivity index (χ0n) is 16.6. The number of nitrogens with zero attached hydrogens (tertiary/aromatic N) is 1.